The van der Waals surface area contributed by atoms with Crippen LogP contribution in [0.1, 0.15) is 31.2 Å². The summed E-state index contributed by atoms with van der Waals surface area (Å²) < 4.78 is 13.3. The van der Waals surface area contributed by atoms with E-state index in [4.69, 9.17) is 4.84 Å². The second kappa shape index (κ2) is 6.04. The van der Waals surface area contributed by atoms with Crippen molar-refractivity contribution in [2.75, 3.05) is 13.1 Å². The Morgan fingerprint density at radius 2 is 2.41 bits per heavy atom. The zero-order chi connectivity index (χ0) is 15.6. The second-order valence-corrected chi connectivity index (χ2v) is 6.05. The van der Waals surface area contributed by atoms with Crippen LogP contribution in [0.3, 0.4) is 0 Å². The van der Waals surface area contributed by atoms with Gasteiger partial charge in [0.05, 0.1) is 11.1 Å². The molecule has 0 aliphatic carbocycles. The number of hydrogen-bond donors (Lipinski definition) is 2. The summed E-state index contributed by atoms with van der Waals surface area (Å²) in [4.78, 5) is 17.1. The SMILES string of the molecule is O=C(O)C1(CC2CC(c3cccc(F)c3)=NO2)CCCNC1. The predicted octanol–water partition coefficient (Wildman–Crippen LogP) is 2.16. The highest BCUT2D eigenvalue weighted by molar-refractivity contribution is 6.01. The van der Waals surface area contributed by atoms with Crippen LogP contribution < -0.4 is 5.32 Å². The molecule has 2 aliphatic rings. The van der Waals surface area contributed by atoms with Gasteiger partial charge in [-0.1, -0.05) is 17.3 Å². The monoisotopic (exact) mass is 306 g/mol. The van der Waals surface area contributed by atoms with E-state index in [1.165, 1.54) is 12.1 Å². The molecule has 1 fully saturated rings. The van der Waals surface area contributed by atoms with Crippen LogP contribution in [0.2, 0.25) is 0 Å². The third-order valence-corrected chi connectivity index (χ3v) is 4.44. The lowest BCUT2D eigenvalue weighted by molar-refractivity contribution is -0.152. The number of carboxylic acids is 1. The Kier molecular flexibility index (Phi) is 4.11. The van der Waals surface area contributed by atoms with Crippen LogP contribution in [0.5, 0.6) is 0 Å². The lowest BCUT2D eigenvalue weighted by atomic mass is 9.75. The van der Waals surface area contributed by atoms with Crippen LogP contribution in [0.4, 0.5) is 4.39 Å². The highest BCUT2D eigenvalue weighted by Gasteiger charge is 2.43. The maximum atomic E-state index is 13.3. The van der Waals surface area contributed by atoms with Gasteiger partial charge in [-0.25, -0.2) is 4.39 Å². The van der Waals surface area contributed by atoms with Crippen molar-refractivity contribution in [2.24, 2.45) is 10.6 Å². The van der Waals surface area contributed by atoms with Gasteiger partial charge in [0.25, 0.3) is 0 Å². The van der Waals surface area contributed by atoms with E-state index in [0.717, 1.165) is 13.0 Å². The number of nitrogens with one attached hydrogen (secondary N) is 1. The zero-order valence-corrected chi connectivity index (χ0v) is 12.2. The number of rotatable bonds is 4. The Hall–Kier alpha value is -1.95. The van der Waals surface area contributed by atoms with Crippen molar-refractivity contribution >= 4 is 11.7 Å². The number of aliphatic carboxylic acids is 1. The standard InChI is InChI=1S/C16H19FN2O3/c17-12-4-1-3-11(7-12)14-8-13(22-19-14)9-16(15(20)21)5-2-6-18-10-16/h1,3-4,7,13,18H,2,5-6,8-10H2,(H,20,21). The molecule has 2 aliphatic heterocycles. The molecular formula is C16H19FN2O3. The van der Waals surface area contributed by atoms with Gasteiger partial charge in [-0.05, 0) is 31.5 Å². The van der Waals surface area contributed by atoms with Crippen molar-refractivity contribution in [3.05, 3.63) is 35.6 Å². The third-order valence-electron chi connectivity index (χ3n) is 4.44. The first-order valence-electron chi connectivity index (χ1n) is 7.52. The fourth-order valence-corrected chi connectivity index (χ4v) is 3.22. The van der Waals surface area contributed by atoms with Gasteiger partial charge in [-0.3, -0.25) is 4.79 Å². The van der Waals surface area contributed by atoms with Crippen molar-refractivity contribution in [1.82, 2.24) is 5.32 Å². The van der Waals surface area contributed by atoms with Crippen molar-refractivity contribution in [3.8, 4) is 0 Å². The second-order valence-electron chi connectivity index (χ2n) is 6.05. The topological polar surface area (TPSA) is 70.9 Å². The van der Waals surface area contributed by atoms with Crippen LogP contribution in [-0.2, 0) is 9.63 Å². The summed E-state index contributed by atoms with van der Waals surface area (Å²) in [6.45, 7) is 1.31. The molecule has 0 bridgehead atoms. The van der Waals surface area contributed by atoms with Crippen LogP contribution in [-0.4, -0.2) is 36.0 Å². The summed E-state index contributed by atoms with van der Waals surface area (Å²) in [6, 6.07) is 6.21. The van der Waals surface area contributed by atoms with Crippen LogP contribution in [0.25, 0.3) is 0 Å². The molecule has 6 heteroatoms. The zero-order valence-electron chi connectivity index (χ0n) is 12.2. The molecule has 5 nitrogen and oxygen atoms in total. The molecule has 3 rings (SSSR count). The van der Waals surface area contributed by atoms with E-state index in [1.54, 1.807) is 12.1 Å². The summed E-state index contributed by atoms with van der Waals surface area (Å²) in [7, 11) is 0. The molecule has 0 radical (unpaired) electrons. The number of carbonyl (C=O) groups is 1. The van der Waals surface area contributed by atoms with Gasteiger partial charge in [0, 0.05) is 24.9 Å². The number of hydrogen-bond acceptors (Lipinski definition) is 4. The first kappa shape index (κ1) is 15.0. The molecule has 1 aromatic rings. The van der Waals surface area contributed by atoms with E-state index < -0.39 is 11.4 Å². The van der Waals surface area contributed by atoms with E-state index in [2.05, 4.69) is 10.5 Å². The van der Waals surface area contributed by atoms with Crippen LogP contribution >= 0.6 is 0 Å². The Balaban J connectivity index is 1.67. The van der Waals surface area contributed by atoms with Gasteiger partial charge in [0.15, 0.2) is 0 Å². The van der Waals surface area contributed by atoms with E-state index in [1.807, 2.05) is 0 Å². The van der Waals surface area contributed by atoms with Gasteiger partial charge < -0.3 is 15.3 Å². The summed E-state index contributed by atoms with van der Waals surface area (Å²) in [5, 5.41) is 16.8. The quantitative estimate of drug-likeness (QED) is 0.894. The van der Waals surface area contributed by atoms with Gasteiger partial charge in [0.2, 0.25) is 0 Å². The summed E-state index contributed by atoms with van der Waals surface area (Å²) in [5.74, 6) is -1.11. The van der Waals surface area contributed by atoms with Gasteiger partial charge in [0.1, 0.15) is 11.9 Å². The molecular weight excluding hydrogens is 287 g/mol. The molecule has 0 spiro atoms. The third kappa shape index (κ3) is 2.97. The number of carboxylic acid groups (broad SMARTS) is 1. The number of nitrogens with zero attached hydrogens (tertiary/aromatic N) is 1. The average molecular weight is 306 g/mol. The van der Waals surface area contributed by atoms with Crippen LogP contribution in [0, 0.1) is 11.2 Å². The molecule has 1 aromatic carbocycles. The minimum atomic E-state index is -0.796. The van der Waals surface area contributed by atoms with Crippen molar-refractivity contribution in [3.63, 3.8) is 0 Å². The summed E-state index contributed by atoms with van der Waals surface area (Å²) in [5.41, 5.74) is 0.568. The molecule has 2 N–H and O–H groups in total. The Bertz CT molecular complexity index is 597. The first-order valence-corrected chi connectivity index (χ1v) is 7.52. The van der Waals surface area contributed by atoms with Gasteiger partial charge >= 0.3 is 5.97 Å². The highest BCUT2D eigenvalue weighted by atomic mass is 19.1. The number of oxime groups is 1. The summed E-state index contributed by atoms with van der Waals surface area (Å²) in [6.07, 6.45) is 2.14. The van der Waals surface area contributed by atoms with Crippen molar-refractivity contribution < 1.29 is 19.1 Å². The normalized spacial score (nSPS) is 28.0. The van der Waals surface area contributed by atoms with Gasteiger partial charge in [-0.2, -0.15) is 0 Å². The first-order chi connectivity index (χ1) is 10.6. The lowest BCUT2D eigenvalue weighted by Gasteiger charge is -2.34. The fourth-order valence-electron chi connectivity index (χ4n) is 3.22. The smallest absolute Gasteiger partial charge is 0.311 e. The molecule has 118 valence electrons. The fraction of sp³-hybridized carbons (Fsp3) is 0.500. The Morgan fingerprint density at radius 1 is 1.55 bits per heavy atom. The molecule has 2 heterocycles. The summed E-state index contributed by atoms with van der Waals surface area (Å²) >= 11 is 0. The highest BCUT2D eigenvalue weighted by Crippen LogP contribution is 2.35. The average Bonchev–Trinajstić information content (AvgIpc) is 2.96. The van der Waals surface area contributed by atoms with E-state index >= 15 is 0 Å². The molecule has 1 saturated heterocycles. The maximum Gasteiger partial charge on any atom is 0.311 e. The predicted molar refractivity (Wildman–Crippen MR) is 79.2 cm³/mol. The number of piperidine rings is 1. The molecule has 0 saturated carbocycles. The molecule has 0 aromatic heterocycles. The van der Waals surface area contributed by atoms with Crippen LogP contribution in [0.15, 0.2) is 29.4 Å². The molecule has 2 atom stereocenters. The number of benzene rings is 1. The van der Waals surface area contributed by atoms with E-state index in [0.29, 0.717) is 37.1 Å². The molecule has 2 unspecified atom stereocenters. The van der Waals surface area contributed by atoms with E-state index in [-0.39, 0.29) is 11.9 Å². The minimum Gasteiger partial charge on any atom is -0.481 e. The number of halogens is 1. The Morgan fingerprint density at radius 3 is 3.09 bits per heavy atom. The molecule has 0 amide bonds. The molecule has 22 heavy (non-hydrogen) atoms. The van der Waals surface area contributed by atoms with Crippen molar-refractivity contribution in [1.29, 1.82) is 0 Å². The maximum absolute atomic E-state index is 13.3. The minimum absolute atomic E-state index is 0.269. The van der Waals surface area contributed by atoms with E-state index in [9.17, 15) is 14.3 Å². The largest absolute Gasteiger partial charge is 0.481 e. The van der Waals surface area contributed by atoms with Gasteiger partial charge in [-0.15, -0.1) is 0 Å². The van der Waals surface area contributed by atoms with Crippen molar-refractivity contribution in [2.45, 2.75) is 31.8 Å². The Labute approximate surface area is 128 Å². The lowest BCUT2D eigenvalue weighted by Crippen LogP contribution is -2.47.